The van der Waals surface area contributed by atoms with Crippen molar-refractivity contribution < 1.29 is 28.6 Å². The number of hydrogen-bond acceptors (Lipinski definition) is 6. The van der Waals surface area contributed by atoms with Gasteiger partial charge >= 0.3 is 17.9 Å². The van der Waals surface area contributed by atoms with Crippen molar-refractivity contribution in [3.05, 3.63) is 36.5 Å². The third-order valence-electron chi connectivity index (χ3n) is 15.1. The first-order valence-electron chi connectivity index (χ1n) is 33.5. The molecule has 0 aromatic heterocycles. The molecule has 0 rings (SSSR count). The Morgan fingerprint density at radius 3 is 0.667 bits per heavy atom. The van der Waals surface area contributed by atoms with E-state index >= 15 is 0 Å². The van der Waals surface area contributed by atoms with Gasteiger partial charge in [0, 0.05) is 19.3 Å². The largest absolute Gasteiger partial charge is 0.462 e. The van der Waals surface area contributed by atoms with Crippen LogP contribution in [-0.4, -0.2) is 37.2 Å². The van der Waals surface area contributed by atoms with E-state index in [0.717, 1.165) is 64.2 Å². The molecule has 0 spiro atoms. The van der Waals surface area contributed by atoms with Gasteiger partial charge in [-0.05, 0) is 96.3 Å². The Morgan fingerprint density at radius 1 is 0.253 bits per heavy atom. The molecule has 0 amide bonds. The highest BCUT2D eigenvalue weighted by Crippen LogP contribution is 2.17. The lowest BCUT2D eigenvalue weighted by molar-refractivity contribution is -0.167. The summed E-state index contributed by atoms with van der Waals surface area (Å²) in [6.45, 7) is 6.68. The lowest BCUT2D eigenvalue weighted by atomic mass is 10.0. The van der Waals surface area contributed by atoms with Crippen LogP contribution in [0, 0.1) is 0 Å². The number of rotatable bonds is 62. The minimum atomic E-state index is -0.777. The summed E-state index contributed by atoms with van der Waals surface area (Å²) in [5.41, 5.74) is 0. The van der Waals surface area contributed by atoms with Gasteiger partial charge in [0.25, 0.3) is 0 Å². The number of esters is 3. The predicted molar refractivity (Wildman–Crippen MR) is 326 cm³/mol. The molecule has 0 N–H and O–H groups in total. The van der Waals surface area contributed by atoms with E-state index in [4.69, 9.17) is 14.2 Å². The Morgan fingerprint density at radius 2 is 0.440 bits per heavy atom. The van der Waals surface area contributed by atoms with Crippen molar-refractivity contribution in [3.63, 3.8) is 0 Å². The molecule has 0 saturated carbocycles. The summed E-state index contributed by atoms with van der Waals surface area (Å²) in [7, 11) is 0. The van der Waals surface area contributed by atoms with Crippen molar-refractivity contribution >= 4 is 17.9 Å². The van der Waals surface area contributed by atoms with Crippen LogP contribution in [0.2, 0.25) is 0 Å². The Balaban J connectivity index is 4.27. The topological polar surface area (TPSA) is 78.9 Å². The van der Waals surface area contributed by atoms with E-state index in [0.29, 0.717) is 19.3 Å². The van der Waals surface area contributed by atoms with Gasteiger partial charge in [0.15, 0.2) is 6.10 Å². The maximum Gasteiger partial charge on any atom is 0.306 e. The van der Waals surface area contributed by atoms with Crippen LogP contribution in [0.3, 0.4) is 0 Å². The third kappa shape index (κ3) is 62.4. The Labute approximate surface area is 467 Å². The first-order valence-corrected chi connectivity index (χ1v) is 33.5. The second kappa shape index (κ2) is 64.2. The van der Waals surface area contributed by atoms with Gasteiger partial charge in [-0.1, -0.05) is 288 Å². The summed E-state index contributed by atoms with van der Waals surface area (Å²) in [6, 6.07) is 0. The summed E-state index contributed by atoms with van der Waals surface area (Å²) in [5, 5.41) is 0. The van der Waals surface area contributed by atoms with Crippen molar-refractivity contribution in [2.45, 2.75) is 374 Å². The van der Waals surface area contributed by atoms with E-state index in [9.17, 15) is 14.4 Å². The van der Waals surface area contributed by atoms with E-state index in [-0.39, 0.29) is 31.1 Å². The maximum atomic E-state index is 12.9. The van der Waals surface area contributed by atoms with E-state index in [1.165, 1.54) is 263 Å². The molecule has 0 aromatic rings. The fraction of sp³-hybridized carbons (Fsp3) is 0.870. The minimum Gasteiger partial charge on any atom is -0.462 e. The number of carbonyl (C=O) groups is 3. The SMILES string of the molecule is CCCCCCCC/C=C\CCCCCCCCCC(=O)OC(COC(=O)CCCCCCC/C=C\CCCCCCCC)COC(=O)CCCCCCCCCCCCCCC/C=C\CCCCCCCCCC. The van der Waals surface area contributed by atoms with Crippen LogP contribution in [0.4, 0.5) is 0 Å². The van der Waals surface area contributed by atoms with Gasteiger partial charge < -0.3 is 14.2 Å². The number of allylic oxidation sites excluding steroid dienone is 6. The average Bonchev–Trinajstić information content (AvgIpc) is 3.41. The molecule has 6 nitrogen and oxygen atoms in total. The minimum absolute atomic E-state index is 0.0731. The molecule has 0 radical (unpaired) electrons. The molecule has 0 heterocycles. The smallest absolute Gasteiger partial charge is 0.306 e. The standard InChI is InChI=1S/C69H128O6/c1-4-7-10-13-16-19-22-25-28-30-31-32-33-34-35-36-37-39-41-44-47-50-53-56-59-62-68(71)74-65-66(64-73-67(70)61-58-55-52-49-46-43-40-27-24-21-18-15-12-9-6-3)75-69(72)63-60-57-54-51-48-45-42-38-29-26-23-20-17-14-11-8-5-2/h26-27,29-31,40,66H,4-25,28,32-39,41-65H2,1-3H3/b29-26-,31-30-,40-27-. The Kier molecular flexibility index (Phi) is 62.1. The molecule has 0 fully saturated rings. The van der Waals surface area contributed by atoms with E-state index < -0.39 is 6.10 Å². The molecule has 0 aliphatic heterocycles. The van der Waals surface area contributed by atoms with Crippen molar-refractivity contribution in [1.82, 2.24) is 0 Å². The zero-order chi connectivity index (χ0) is 54.3. The fourth-order valence-electron chi connectivity index (χ4n) is 10.0. The summed E-state index contributed by atoms with van der Waals surface area (Å²) in [5.74, 6) is -0.863. The van der Waals surface area contributed by atoms with E-state index in [1.54, 1.807) is 0 Å². The van der Waals surface area contributed by atoms with Gasteiger partial charge in [-0.15, -0.1) is 0 Å². The molecule has 0 aliphatic carbocycles. The second-order valence-corrected chi connectivity index (χ2v) is 22.7. The van der Waals surface area contributed by atoms with Gasteiger partial charge in [0.05, 0.1) is 0 Å². The lowest BCUT2D eigenvalue weighted by Gasteiger charge is -2.18. The monoisotopic (exact) mass is 1050 g/mol. The van der Waals surface area contributed by atoms with Crippen LogP contribution in [0.5, 0.6) is 0 Å². The second-order valence-electron chi connectivity index (χ2n) is 22.7. The normalized spacial score (nSPS) is 12.2. The summed E-state index contributed by atoms with van der Waals surface area (Å²) in [6.07, 6.45) is 78.7. The molecule has 6 heteroatoms. The van der Waals surface area contributed by atoms with Crippen LogP contribution >= 0.6 is 0 Å². The number of unbranched alkanes of at least 4 members (excludes halogenated alkanes) is 45. The first-order chi connectivity index (χ1) is 37.0. The number of carbonyl (C=O) groups excluding carboxylic acids is 3. The van der Waals surface area contributed by atoms with Gasteiger partial charge in [0.1, 0.15) is 13.2 Å². The molecule has 440 valence electrons. The van der Waals surface area contributed by atoms with Crippen molar-refractivity contribution in [3.8, 4) is 0 Å². The quantitative estimate of drug-likeness (QED) is 0.0261. The summed E-state index contributed by atoms with van der Waals surface area (Å²) in [4.78, 5) is 38.3. The van der Waals surface area contributed by atoms with Gasteiger partial charge in [-0.25, -0.2) is 0 Å². The summed E-state index contributed by atoms with van der Waals surface area (Å²) >= 11 is 0. The van der Waals surface area contributed by atoms with Gasteiger partial charge in [0.2, 0.25) is 0 Å². The molecule has 0 aliphatic rings. The molecular formula is C69H128O6. The highest BCUT2D eigenvalue weighted by atomic mass is 16.6. The molecule has 0 saturated heterocycles. The summed E-state index contributed by atoms with van der Waals surface area (Å²) < 4.78 is 17.0. The zero-order valence-corrected chi connectivity index (χ0v) is 50.6. The molecular weight excluding hydrogens is 925 g/mol. The van der Waals surface area contributed by atoms with Gasteiger partial charge in [-0.2, -0.15) is 0 Å². The van der Waals surface area contributed by atoms with Gasteiger partial charge in [-0.3, -0.25) is 14.4 Å². The third-order valence-corrected chi connectivity index (χ3v) is 15.1. The highest BCUT2D eigenvalue weighted by molar-refractivity contribution is 5.71. The van der Waals surface area contributed by atoms with Crippen molar-refractivity contribution in [1.29, 1.82) is 0 Å². The van der Waals surface area contributed by atoms with Crippen LogP contribution in [0.25, 0.3) is 0 Å². The Bertz CT molecular complexity index is 1250. The molecule has 0 aromatic carbocycles. The Hall–Kier alpha value is -2.37. The number of hydrogen-bond donors (Lipinski definition) is 0. The average molecular weight is 1050 g/mol. The van der Waals surface area contributed by atoms with Crippen LogP contribution in [0.15, 0.2) is 36.5 Å². The molecule has 75 heavy (non-hydrogen) atoms. The fourth-order valence-corrected chi connectivity index (χ4v) is 10.0. The van der Waals surface area contributed by atoms with Crippen LogP contribution < -0.4 is 0 Å². The van der Waals surface area contributed by atoms with Crippen molar-refractivity contribution in [2.24, 2.45) is 0 Å². The highest BCUT2D eigenvalue weighted by Gasteiger charge is 2.19. The van der Waals surface area contributed by atoms with Crippen LogP contribution in [-0.2, 0) is 28.6 Å². The molecule has 1 unspecified atom stereocenters. The van der Waals surface area contributed by atoms with E-state index in [2.05, 4.69) is 57.2 Å². The molecule has 1 atom stereocenters. The maximum absolute atomic E-state index is 12.9. The number of ether oxygens (including phenoxy) is 3. The first kappa shape index (κ1) is 72.6. The molecule has 0 bridgehead atoms. The predicted octanol–water partition coefficient (Wildman–Crippen LogP) is 22.8. The van der Waals surface area contributed by atoms with E-state index in [1.807, 2.05) is 0 Å². The van der Waals surface area contributed by atoms with Crippen LogP contribution in [0.1, 0.15) is 367 Å². The van der Waals surface area contributed by atoms with Crippen molar-refractivity contribution in [2.75, 3.05) is 13.2 Å². The zero-order valence-electron chi connectivity index (χ0n) is 50.6. The lowest BCUT2D eigenvalue weighted by Crippen LogP contribution is -2.30.